The van der Waals surface area contributed by atoms with Crippen LogP contribution >= 0.6 is 0 Å². The third-order valence-corrected chi connectivity index (χ3v) is 4.61. The average Bonchev–Trinajstić information content (AvgIpc) is 3.17. The van der Waals surface area contributed by atoms with E-state index in [0.717, 1.165) is 29.9 Å². The summed E-state index contributed by atoms with van der Waals surface area (Å²) in [5.74, 6) is 1.90. The van der Waals surface area contributed by atoms with Crippen LogP contribution in [0.15, 0.2) is 0 Å². The molecule has 128 valence electrons. The molecule has 1 amide bonds. The summed E-state index contributed by atoms with van der Waals surface area (Å²) in [4.78, 5) is 17.1. The molecule has 1 aliphatic heterocycles. The topological polar surface area (TPSA) is 97.7 Å². The van der Waals surface area contributed by atoms with Crippen molar-refractivity contribution in [1.29, 1.82) is 0 Å². The molecule has 2 N–H and O–H groups in total. The smallest absolute Gasteiger partial charge is 0.270 e. The Morgan fingerprint density at radius 3 is 2.96 bits per heavy atom. The SMILES string of the molecule is C[C@@H]1Cc2c(nn(C)c2C(=O)NCc2nc(C3CC3)n[nH]2)[C@H](C)O1. The number of rotatable bonds is 4. The van der Waals surface area contributed by atoms with Gasteiger partial charge in [-0.25, -0.2) is 4.98 Å². The maximum absolute atomic E-state index is 12.7. The van der Waals surface area contributed by atoms with Gasteiger partial charge in [-0.1, -0.05) is 0 Å². The molecule has 0 aromatic carbocycles. The Hall–Kier alpha value is -2.22. The first-order chi connectivity index (χ1) is 11.5. The number of H-pyrrole nitrogens is 1. The number of carbonyl (C=O) groups is 1. The van der Waals surface area contributed by atoms with Crippen LogP contribution in [0.4, 0.5) is 0 Å². The van der Waals surface area contributed by atoms with Crippen LogP contribution in [0.3, 0.4) is 0 Å². The monoisotopic (exact) mass is 330 g/mol. The Morgan fingerprint density at radius 2 is 2.21 bits per heavy atom. The maximum atomic E-state index is 12.7. The molecule has 2 aliphatic rings. The number of aromatic nitrogens is 5. The zero-order valence-corrected chi connectivity index (χ0v) is 14.2. The number of aryl methyl sites for hydroxylation is 1. The summed E-state index contributed by atoms with van der Waals surface area (Å²) >= 11 is 0. The zero-order valence-electron chi connectivity index (χ0n) is 14.2. The second-order valence-electron chi connectivity index (χ2n) is 6.73. The standard InChI is InChI=1S/C16H22N6O2/c1-8-6-11-13(9(2)24-8)21-22(3)14(11)16(23)17-7-12-18-15(20-19-12)10-4-5-10/h8-10H,4-7H2,1-3H3,(H,17,23)(H,18,19,20)/t8-,9+/m1/s1. The molecule has 0 unspecified atom stereocenters. The van der Waals surface area contributed by atoms with E-state index in [4.69, 9.17) is 4.74 Å². The van der Waals surface area contributed by atoms with Crippen molar-refractivity contribution in [3.8, 4) is 0 Å². The molecule has 8 nitrogen and oxygen atoms in total. The number of fused-ring (bicyclic) bond motifs is 1. The van der Waals surface area contributed by atoms with Crippen molar-refractivity contribution >= 4 is 5.91 Å². The van der Waals surface area contributed by atoms with Crippen LogP contribution in [0.25, 0.3) is 0 Å². The number of hydrogen-bond donors (Lipinski definition) is 2. The maximum Gasteiger partial charge on any atom is 0.270 e. The first-order valence-electron chi connectivity index (χ1n) is 8.43. The molecule has 1 fully saturated rings. The molecular weight excluding hydrogens is 308 g/mol. The van der Waals surface area contributed by atoms with Crippen LogP contribution in [0.1, 0.15) is 72.1 Å². The highest BCUT2D eigenvalue weighted by Crippen LogP contribution is 2.37. The van der Waals surface area contributed by atoms with Gasteiger partial charge in [0.2, 0.25) is 0 Å². The van der Waals surface area contributed by atoms with Crippen LogP contribution in [-0.2, 0) is 24.8 Å². The normalized spacial score (nSPS) is 23.1. The van der Waals surface area contributed by atoms with Gasteiger partial charge in [0, 0.05) is 24.9 Å². The molecule has 2 aromatic heterocycles. The van der Waals surface area contributed by atoms with Gasteiger partial charge in [0.05, 0.1) is 24.4 Å². The average molecular weight is 330 g/mol. The lowest BCUT2D eigenvalue weighted by molar-refractivity contribution is -0.00710. The van der Waals surface area contributed by atoms with E-state index in [1.165, 1.54) is 0 Å². The van der Waals surface area contributed by atoms with Gasteiger partial charge in [-0.05, 0) is 26.7 Å². The molecule has 8 heteroatoms. The molecule has 0 radical (unpaired) electrons. The summed E-state index contributed by atoms with van der Waals surface area (Å²) in [5, 5.41) is 14.5. The highest BCUT2D eigenvalue weighted by molar-refractivity contribution is 5.94. The lowest BCUT2D eigenvalue weighted by Crippen LogP contribution is -2.28. The number of aromatic amines is 1. The largest absolute Gasteiger partial charge is 0.369 e. The summed E-state index contributed by atoms with van der Waals surface area (Å²) in [5.41, 5.74) is 2.45. The number of amides is 1. The van der Waals surface area contributed by atoms with Crippen LogP contribution in [0.2, 0.25) is 0 Å². The van der Waals surface area contributed by atoms with E-state index in [-0.39, 0.29) is 18.1 Å². The third kappa shape index (κ3) is 2.71. The van der Waals surface area contributed by atoms with E-state index in [2.05, 4.69) is 25.6 Å². The van der Waals surface area contributed by atoms with Crippen molar-refractivity contribution in [3.63, 3.8) is 0 Å². The summed E-state index contributed by atoms with van der Waals surface area (Å²) in [6.45, 7) is 4.32. The van der Waals surface area contributed by atoms with Crippen LogP contribution < -0.4 is 5.32 Å². The molecular formula is C16H22N6O2. The molecule has 0 bridgehead atoms. The Balaban J connectivity index is 1.49. The van der Waals surface area contributed by atoms with E-state index in [9.17, 15) is 4.79 Å². The van der Waals surface area contributed by atoms with Crippen LogP contribution in [-0.4, -0.2) is 37.0 Å². The molecule has 24 heavy (non-hydrogen) atoms. The molecule has 2 aromatic rings. The Kier molecular flexibility index (Phi) is 3.64. The van der Waals surface area contributed by atoms with Gasteiger partial charge in [-0.2, -0.15) is 10.2 Å². The minimum absolute atomic E-state index is 0.0821. The summed E-state index contributed by atoms with van der Waals surface area (Å²) in [7, 11) is 1.80. The van der Waals surface area contributed by atoms with Gasteiger partial charge in [-0.3, -0.25) is 14.6 Å². The molecule has 2 atom stereocenters. The lowest BCUT2D eigenvalue weighted by Gasteiger charge is -2.24. The second kappa shape index (κ2) is 5.70. The lowest BCUT2D eigenvalue weighted by atomic mass is 9.99. The van der Waals surface area contributed by atoms with Crippen molar-refractivity contribution in [3.05, 3.63) is 28.6 Å². The Morgan fingerprint density at radius 1 is 1.42 bits per heavy atom. The van der Waals surface area contributed by atoms with Gasteiger partial charge < -0.3 is 10.1 Å². The fraction of sp³-hybridized carbons (Fsp3) is 0.625. The van der Waals surface area contributed by atoms with Gasteiger partial charge in [0.15, 0.2) is 5.82 Å². The minimum Gasteiger partial charge on any atom is -0.369 e. The number of nitrogens with one attached hydrogen (secondary N) is 2. The highest BCUT2D eigenvalue weighted by atomic mass is 16.5. The van der Waals surface area contributed by atoms with Crippen molar-refractivity contribution < 1.29 is 9.53 Å². The molecule has 1 aliphatic carbocycles. The number of ether oxygens (including phenoxy) is 1. The summed E-state index contributed by atoms with van der Waals surface area (Å²) in [6.07, 6.45) is 3.00. The van der Waals surface area contributed by atoms with Crippen LogP contribution in [0.5, 0.6) is 0 Å². The van der Waals surface area contributed by atoms with Gasteiger partial charge in [-0.15, -0.1) is 0 Å². The van der Waals surface area contributed by atoms with E-state index >= 15 is 0 Å². The van der Waals surface area contributed by atoms with Crippen molar-refractivity contribution in [2.75, 3.05) is 0 Å². The van der Waals surface area contributed by atoms with E-state index in [0.29, 0.717) is 30.4 Å². The molecule has 3 heterocycles. The van der Waals surface area contributed by atoms with Crippen molar-refractivity contribution in [2.45, 2.75) is 57.8 Å². The number of carbonyl (C=O) groups excluding carboxylic acids is 1. The Bertz CT molecular complexity index is 776. The first kappa shape index (κ1) is 15.3. The zero-order chi connectivity index (χ0) is 16.8. The van der Waals surface area contributed by atoms with Crippen molar-refractivity contribution in [1.82, 2.24) is 30.3 Å². The second-order valence-corrected chi connectivity index (χ2v) is 6.73. The van der Waals surface area contributed by atoms with E-state index in [1.807, 2.05) is 13.8 Å². The fourth-order valence-electron chi connectivity index (χ4n) is 3.31. The predicted molar refractivity (Wildman–Crippen MR) is 85.4 cm³/mol. The quantitative estimate of drug-likeness (QED) is 0.882. The Labute approximate surface area is 140 Å². The van der Waals surface area contributed by atoms with Gasteiger partial charge in [0.1, 0.15) is 11.5 Å². The fourth-order valence-corrected chi connectivity index (χ4v) is 3.31. The summed E-state index contributed by atoms with van der Waals surface area (Å²) in [6, 6.07) is 0. The minimum atomic E-state index is -0.142. The summed E-state index contributed by atoms with van der Waals surface area (Å²) < 4.78 is 7.44. The van der Waals surface area contributed by atoms with E-state index < -0.39 is 0 Å². The van der Waals surface area contributed by atoms with Crippen LogP contribution in [0, 0.1) is 0 Å². The van der Waals surface area contributed by atoms with Gasteiger partial charge >= 0.3 is 0 Å². The molecule has 0 saturated heterocycles. The third-order valence-electron chi connectivity index (χ3n) is 4.61. The highest BCUT2D eigenvalue weighted by Gasteiger charge is 2.31. The first-order valence-corrected chi connectivity index (χ1v) is 8.43. The number of nitrogens with zero attached hydrogens (tertiary/aromatic N) is 4. The van der Waals surface area contributed by atoms with Crippen molar-refractivity contribution in [2.24, 2.45) is 7.05 Å². The van der Waals surface area contributed by atoms with E-state index in [1.54, 1.807) is 11.7 Å². The number of hydrogen-bond acceptors (Lipinski definition) is 5. The predicted octanol–water partition coefficient (Wildman–Crippen LogP) is 1.37. The molecule has 1 saturated carbocycles. The molecule has 4 rings (SSSR count). The van der Waals surface area contributed by atoms with Gasteiger partial charge in [0.25, 0.3) is 5.91 Å². The molecule has 0 spiro atoms.